The summed E-state index contributed by atoms with van der Waals surface area (Å²) in [6.07, 6.45) is -0.674. The second-order valence-corrected chi connectivity index (χ2v) is 5.53. The highest BCUT2D eigenvalue weighted by Gasteiger charge is 2.12. The monoisotopic (exact) mass is 314 g/mol. The zero-order chi connectivity index (χ0) is 14.7. The van der Waals surface area contributed by atoms with Crippen LogP contribution in [0.15, 0.2) is 22.7 Å². The fourth-order valence-electron chi connectivity index (χ4n) is 1.97. The maximum absolute atomic E-state index is 10.1. The van der Waals surface area contributed by atoms with Crippen molar-refractivity contribution in [3.63, 3.8) is 0 Å². The van der Waals surface area contributed by atoms with Gasteiger partial charge in [-0.15, -0.1) is 0 Å². The summed E-state index contributed by atoms with van der Waals surface area (Å²) in [5.74, 6) is 0.787. The Morgan fingerprint density at radius 3 is 2.45 bits per heavy atom. The smallest absolute Gasteiger partial charge is 0.138 e. The van der Waals surface area contributed by atoms with Gasteiger partial charge in [-0.1, -0.05) is 28.4 Å². The maximum Gasteiger partial charge on any atom is 0.138 e. The van der Waals surface area contributed by atoms with E-state index in [-0.39, 0.29) is 0 Å². The van der Waals surface area contributed by atoms with Crippen molar-refractivity contribution in [3.8, 4) is 0 Å². The van der Waals surface area contributed by atoms with Crippen LogP contribution in [0.1, 0.15) is 28.7 Å². The van der Waals surface area contributed by atoms with Crippen LogP contribution in [0.5, 0.6) is 0 Å². The van der Waals surface area contributed by atoms with E-state index < -0.39 is 6.10 Å². The standard InChI is InChI=1S/C14H16Cl2N2O2/c1-8-13(9(2)20-18-8)6-17-7-14(19)10-3-11(15)5-12(16)4-10/h3-5,14,17,19H,6-7H2,1-2H3. The number of hydrogen-bond donors (Lipinski definition) is 2. The molecule has 1 heterocycles. The van der Waals surface area contributed by atoms with Crippen molar-refractivity contribution in [3.05, 3.63) is 50.8 Å². The molecule has 108 valence electrons. The van der Waals surface area contributed by atoms with Crippen molar-refractivity contribution in [1.82, 2.24) is 10.5 Å². The van der Waals surface area contributed by atoms with Crippen LogP contribution in [0, 0.1) is 13.8 Å². The molecule has 0 aliphatic heterocycles. The molecule has 1 aromatic heterocycles. The van der Waals surface area contributed by atoms with Gasteiger partial charge in [-0.2, -0.15) is 0 Å². The van der Waals surface area contributed by atoms with Crippen LogP contribution >= 0.6 is 23.2 Å². The molecule has 0 fully saturated rings. The summed E-state index contributed by atoms with van der Waals surface area (Å²) in [7, 11) is 0. The van der Waals surface area contributed by atoms with Gasteiger partial charge in [-0.25, -0.2) is 0 Å². The minimum atomic E-state index is -0.674. The molecule has 4 nitrogen and oxygen atoms in total. The van der Waals surface area contributed by atoms with E-state index in [4.69, 9.17) is 27.7 Å². The summed E-state index contributed by atoms with van der Waals surface area (Å²) >= 11 is 11.8. The van der Waals surface area contributed by atoms with E-state index in [1.165, 1.54) is 0 Å². The summed E-state index contributed by atoms with van der Waals surface area (Å²) in [5.41, 5.74) is 2.56. The van der Waals surface area contributed by atoms with Gasteiger partial charge in [0, 0.05) is 28.7 Å². The summed E-state index contributed by atoms with van der Waals surface area (Å²) < 4.78 is 5.08. The van der Waals surface area contributed by atoms with Crippen molar-refractivity contribution < 1.29 is 9.63 Å². The lowest BCUT2D eigenvalue weighted by Crippen LogP contribution is -2.21. The van der Waals surface area contributed by atoms with Crippen molar-refractivity contribution >= 4 is 23.2 Å². The number of halogens is 2. The molecule has 6 heteroatoms. The van der Waals surface area contributed by atoms with E-state index in [1.54, 1.807) is 18.2 Å². The van der Waals surface area contributed by atoms with E-state index in [0.717, 1.165) is 17.0 Å². The number of nitrogens with one attached hydrogen (secondary N) is 1. The number of aromatic nitrogens is 1. The van der Waals surface area contributed by atoms with Crippen LogP contribution in [0.4, 0.5) is 0 Å². The number of aliphatic hydroxyl groups is 1. The Hall–Kier alpha value is -1.07. The van der Waals surface area contributed by atoms with Gasteiger partial charge in [-0.05, 0) is 37.6 Å². The third kappa shape index (κ3) is 3.73. The van der Waals surface area contributed by atoms with Crippen LogP contribution in [0.25, 0.3) is 0 Å². The quantitative estimate of drug-likeness (QED) is 0.887. The number of hydrogen-bond acceptors (Lipinski definition) is 4. The molecular weight excluding hydrogens is 299 g/mol. The van der Waals surface area contributed by atoms with Crippen molar-refractivity contribution in [2.24, 2.45) is 0 Å². The molecule has 0 saturated carbocycles. The average Bonchev–Trinajstić information content (AvgIpc) is 2.69. The van der Waals surface area contributed by atoms with Gasteiger partial charge >= 0.3 is 0 Å². The Balaban J connectivity index is 1.94. The molecule has 0 aliphatic carbocycles. The molecule has 0 radical (unpaired) electrons. The molecule has 0 aliphatic rings. The first-order valence-corrected chi connectivity index (χ1v) is 6.99. The molecule has 20 heavy (non-hydrogen) atoms. The molecule has 0 amide bonds. The third-order valence-electron chi connectivity index (χ3n) is 3.09. The zero-order valence-corrected chi connectivity index (χ0v) is 12.8. The number of aliphatic hydroxyl groups excluding tert-OH is 1. The molecule has 1 unspecified atom stereocenters. The Morgan fingerprint density at radius 2 is 1.90 bits per heavy atom. The topological polar surface area (TPSA) is 58.3 Å². The molecule has 1 atom stereocenters. The first-order chi connectivity index (χ1) is 9.47. The van der Waals surface area contributed by atoms with E-state index in [9.17, 15) is 5.11 Å². The lowest BCUT2D eigenvalue weighted by Gasteiger charge is -2.13. The maximum atomic E-state index is 10.1. The van der Waals surface area contributed by atoms with Crippen LogP contribution in [0.2, 0.25) is 10.0 Å². The zero-order valence-electron chi connectivity index (χ0n) is 11.3. The lowest BCUT2D eigenvalue weighted by atomic mass is 10.1. The molecular formula is C14H16Cl2N2O2. The lowest BCUT2D eigenvalue weighted by molar-refractivity contribution is 0.174. The Kier molecular flexibility index (Phi) is 5.05. The highest BCUT2D eigenvalue weighted by molar-refractivity contribution is 6.34. The Bertz CT molecular complexity index is 559. The van der Waals surface area contributed by atoms with E-state index in [0.29, 0.717) is 28.7 Å². The Labute approximate surface area is 127 Å². The number of rotatable bonds is 5. The summed E-state index contributed by atoms with van der Waals surface area (Å²) in [4.78, 5) is 0. The van der Waals surface area contributed by atoms with E-state index >= 15 is 0 Å². The van der Waals surface area contributed by atoms with Gasteiger partial charge in [-0.3, -0.25) is 0 Å². The average molecular weight is 315 g/mol. The molecule has 2 N–H and O–H groups in total. The molecule has 1 aromatic carbocycles. The van der Waals surface area contributed by atoms with E-state index in [1.807, 2.05) is 13.8 Å². The number of nitrogens with zero attached hydrogens (tertiary/aromatic N) is 1. The second-order valence-electron chi connectivity index (χ2n) is 4.65. The minimum Gasteiger partial charge on any atom is -0.387 e. The van der Waals surface area contributed by atoms with Crippen LogP contribution < -0.4 is 5.32 Å². The highest BCUT2D eigenvalue weighted by Crippen LogP contribution is 2.23. The number of benzene rings is 1. The first-order valence-electron chi connectivity index (χ1n) is 6.24. The van der Waals surface area contributed by atoms with E-state index in [2.05, 4.69) is 10.5 Å². The predicted octanol–water partition coefficient (Wildman–Crippen LogP) is 3.42. The predicted molar refractivity (Wildman–Crippen MR) is 79.1 cm³/mol. The van der Waals surface area contributed by atoms with Crippen LogP contribution in [-0.4, -0.2) is 16.8 Å². The van der Waals surface area contributed by atoms with Crippen LogP contribution in [0.3, 0.4) is 0 Å². The highest BCUT2D eigenvalue weighted by atomic mass is 35.5. The van der Waals surface area contributed by atoms with Gasteiger partial charge in [0.05, 0.1) is 11.8 Å². The van der Waals surface area contributed by atoms with Gasteiger partial charge in [0.1, 0.15) is 5.76 Å². The third-order valence-corrected chi connectivity index (χ3v) is 3.53. The fraction of sp³-hybridized carbons (Fsp3) is 0.357. The summed E-state index contributed by atoms with van der Waals surface area (Å²) in [6, 6.07) is 5.04. The normalized spacial score (nSPS) is 12.7. The molecule has 0 bridgehead atoms. The van der Waals surface area contributed by atoms with Crippen molar-refractivity contribution in [2.45, 2.75) is 26.5 Å². The fourth-order valence-corrected chi connectivity index (χ4v) is 2.52. The first kappa shape index (κ1) is 15.3. The van der Waals surface area contributed by atoms with Gasteiger partial charge in [0.15, 0.2) is 0 Å². The van der Waals surface area contributed by atoms with Gasteiger partial charge in [0.2, 0.25) is 0 Å². The minimum absolute atomic E-state index is 0.390. The number of aryl methyl sites for hydroxylation is 2. The van der Waals surface area contributed by atoms with Crippen LogP contribution in [-0.2, 0) is 6.54 Å². The second kappa shape index (κ2) is 6.59. The SMILES string of the molecule is Cc1noc(C)c1CNCC(O)c1cc(Cl)cc(Cl)c1. The Morgan fingerprint density at radius 1 is 1.25 bits per heavy atom. The molecule has 2 aromatic rings. The summed E-state index contributed by atoms with van der Waals surface area (Å²) in [5, 5.41) is 18.2. The van der Waals surface area contributed by atoms with Crippen molar-refractivity contribution in [1.29, 1.82) is 0 Å². The largest absolute Gasteiger partial charge is 0.387 e. The summed E-state index contributed by atoms with van der Waals surface area (Å²) in [6.45, 7) is 4.73. The molecule has 0 spiro atoms. The van der Waals surface area contributed by atoms with Gasteiger partial charge < -0.3 is 14.9 Å². The molecule has 0 saturated heterocycles. The van der Waals surface area contributed by atoms with Gasteiger partial charge in [0.25, 0.3) is 0 Å². The van der Waals surface area contributed by atoms with Crippen molar-refractivity contribution in [2.75, 3.05) is 6.54 Å². The molecule has 2 rings (SSSR count).